The first-order valence-electron chi connectivity index (χ1n) is 9.83. The van der Waals surface area contributed by atoms with Gasteiger partial charge in [0.2, 0.25) is 0 Å². The number of hydrogen-bond donors (Lipinski definition) is 0. The minimum atomic E-state index is -0.264. The van der Waals surface area contributed by atoms with Crippen molar-refractivity contribution >= 4 is 5.91 Å². The molecule has 0 N–H and O–H groups in total. The molecule has 2 aliphatic heterocycles. The second-order valence-corrected chi connectivity index (χ2v) is 7.52. The van der Waals surface area contributed by atoms with Gasteiger partial charge >= 0.3 is 0 Å². The first-order chi connectivity index (χ1) is 14.1. The summed E-state index contributed by atoms with van der Waals surface area (Å²) in [5, 5.41) is 0. The van der Waals surface area contributed by atoms with Gasteiger partial charge in [-0.25, -0.2) is 4.39 Å². The van der Waals surface area contributed by atoms with Crippen LogP contribution in [-0.4, -0.2) is 54.0 Å². The van der Waals surface area contributed by atoms with Gasteiger partial charge in [0.15, 0.2) is 0 Å². The van der Waals surface area contributed by atoms with Crippen molar-refractivity contribution in [2.45, 2.75) is 13.0 Å². The Morgan fingerprint density at radius 2 is 1.83 bits per heavy atom. The molecular formula is C24H24FN3O. The van der Waals surface area contributed by atoms with Crippen LogP contribution < -0.4 is 0 Å². The predicted molar refractivity (Wildman–Crippen MR) is 111 cm³/mol. The maximum atomic E-state index is 13.2. The first kappa shape index (κ1) is 19.2. The molecule has 0 atom stereocenters. The molecule has 0 aromatic heterocycles. The zero-order valence-electron chi connectivity index (χ0n) is 16.6. The predicted octanol–water partition coefficient (Wildman–Crippen LogP) is 3.07. The van der Waals surface area contributed by atoms with Crippen LogP contribution in [0.15, 0.2) is 65.9 Å². The number of amides is 1. The number of carbonyl (C=O) groups excluding carboxylic acids is 1. The van der Waals surface area contributed by atoms with Crippen LogP contribution in [0, 0.1) is 17.7 Å². The van der Waals surface area contributed by atoms with E-state index >= 15 is 0 Å². The Bertz CT molecular complexity index is 973. The highest BCUT2D eigenvalue weighted by atomic mass is 19.1. The van der Waals surface area contributed by atoms with Crippen LogP contribution in [0.1, 0.15) is 17.5 Å². The fraction of sp³-hybridized carbons (Fsp3) is 0.292. The summed E-state index contributed by atoms with van der Waals surface area (Å²) in [6.07, 6.45) is 0.856. The number of hydrogen-bond acceptors (Lipinski definition) is 3. The maximum Gasteiger partial charge on any atom is 0.254 e. The molecule has 0 saturated carbocycles. The van der Waals surface area contributed by atoms with Crippen LogP contribution in [0.2, 0.25) is 0 Å². The van der Waals surface area contributed by atoms with E-state index in [9.17, 15) is 9.18 Å². The van der Waals surface area contributed by atoms with Gasteiger partial charge < -0.3 is 9.80 Å². The topological polar surface area (TPSA) is 26.8 Å². The second kappa shape index (κ2) is 8.50. The molecule has 2 aliphatic rings. The standard InChI is InChI=1S/C24H24FN3O/c1-26-18-28(16-20-9-11-21(25)12-10-20)24(29)22-17-27(15-13-23(22)26)14-5-8-19-6-3-2-4-7-19/h2-4,6-7,9-12H,13-18H2,1H3. The van der Waals surface area contributed by atoms with Crippen molar-refractivity contribution in [3.63, 3.8) is 0 Å². The molecule has 2 heterocycles. The molecular weight excluding hydrogens is 365 g/mol. The minimum absolute atomic E-state index is 0.0724. The Balaban J connectivity index is 1.44. The van der Waals surface area contributed by atoms with Gasteiger partial charge in [-0.15, -0.1) is 0 Å². The van der Waals surface area contributed by atoms with E-state index in [4.69, 9.17) is 0 Å². The first-order valence-corrected chi connectivity index (χ1v) is 9.83. The van der Waals surface area contributed by atoms with Gasteiger partial charge in [0, 0.05) is 44.4 Å². The van der Waals surface area contributed by atoms with Crippen LogP contribution in [0.5, 0.6) is 0 Å². The molecule has 0 saturated heterocycles. The fourth-order valence-electron chi connectivity index (χ4n) is 3.86. The Labute approximate surface area is 171 Å². The molecule has 0 spiro atoms. The fourth-order valence-corrected chi connectivity index (χ4v) is 3.86. The molecule has 29 heavy (non-hydrogen) atoms. The highest BCUT2D eigenvalue weighted by molar-refractivity contribution is 5.95. The molecule has 1 amide bonds. The Morgan fingerprint density at radius 1 is 1.07 bits per heavy atom. The Kier molecular flexibility index (Phi) is 5.64. The molecule has 5 heteroatoms. The van der Waals surface area contributed by atoms with E-state index < -0.39 is 0 Å². The number of nitrogens with zero attached hydrogens (tertiary/aromatic N) is 3. The summed E-state index contributed by atoms with van der Waals surface area (Å²) in [5.41, 5.74) is 3.92. The molecule has 0 fully saturated rings. The summed E-state index contributed by atoms with van der Waals surface area (Å²) in [5.74, 6) is 6.22. The number of benzene rings is 2. The third-order valence-electron chi connectivity index (χ3n) is 5.38. The lowest BCUT2D eigenvalue weighted by atomic mass is 10.0. The summed E-state index contributed by atoms with van der Waals surface area (Å²) in [7, 11) is 2.03. The molecule has 2 aromatic carbocycles. The summed E-state index contributed by atoms with van der Waals surface area (Å²) in [6.45, 7) is 3.19. The molecule has 4 rings (SSSR count). The third-order valence-corrected chi connectivity index (χ3v) is 5.38. The average Bonchev–Trinajstić information content (AvgIpc) is 2.74. The maximum absolute atomic E-state index is 13.2. The summed E-state index contributed by atoms with van der Waals surface area (Å²) >= 11 is 0. The van der Waals surface area contributed by atoms with Gasteiger partial charge in [0.05, 0.1) is 18.8 Å². The van der Waals surface area contributed by atoms with E-state index in [1.165, 1.54) is 12.1 Å². The van der Waals surface area contributed by atoms with E-state index in [-0.39, 0.29) is 11.7 Å². The van der Waals surface area contributed by atoms with Gasteiger partial charge in [-0.3, -0.25) is 9.69 Å². The van der Waals surface area contributed by atoms with Crippen LogP contribution in [0.25, 0.3) is 0 Å². The van der Waals surface area contributed by atoms with Crippen LogP contribution in [0.3, 0.4) is 0 Å². The van der Waals surface area contributed by atoms with E-state index in [2.05, 4.69) is 21.6 Å². The lowest BCUT2D eigenvalue weighted by molar-refractivity contribution is -0.131. The molecule has 0 bridgehead atoms. The van der Waals surface area contributed by atoms with E-state index in [1.54, 1.807) is 12.1 Å². The normalized spacial score (nSPS) is 17.1. The van der Waals surface area contributed by atoms with E-state index in [0.717, 1.165) is 35.4 Å². The van der Waals surface area contributed by atoms with Crippen molar-refractivity contribution in [2.75, 3.05) is 33.4 Å². The zero-order chi connectivity index (χ0) is 20.2. The molecule has 4 nitrogen and oxygen atoms in total. The summed E-state index contributed by atoms with van der Waals surface area (Å²) in [4.78, 5) is 19.3. The van der Waals surface area contributed by atoms with Crippen molar-refractivity contribution in [3.05, 3.63) is 82.8 Å². The van der Waals surface area contributed by atoms with Gasteiger partial charge in [0.25, 0.3) is 5.91 Å². The average molecular weight is 389 g/mol. The van der Waals surface area contributed by atoms with Crippen molar-refractivity contribution in [1.82, 2.24) is 14.7 Å². The van der Waals surface area contributed by atoms with Crippen molar-refractivity contribution in [3.8, 4) is 11.8 Å². The Hall–Kier alpha value is -3.10. The Morgan fingerprint density at radius 3 is 2.59 bits per heavy atom. The molecule has 2 aromatic rings. The third kappa shape index (κ3) is 4.49. The highest BCUT2D eigenvalue weighted by Gasteiger charge is 2.33. The van der Waals surface area contributed by atoms with Crippen molar-refractivity contribution in [2.24, 2.45) is 0 Å². The molecule has 0 radical (unpaired) electrons. The van der Waals surface area contributed by atoms with Gasteiger partial charge in [-0.2, -0.15) is 0 Å². The smallest absolute Gasteiger partial charge is 0.254 e. The minimum Gasteiger partial charge on any atom is -0.360 e. The molecule has 0 unspecified atom stereocenters. The van der Waals surface area contributed by atoms with Crippen LogP contribution in [-0.2, 0) is 11.3 Å². The lowest BCUT2D eigenvalue weighted by Gasteiger charge is -2.42. The van der Waals surface area contributed by atoms with Gasteiger partial charge in [-0.1, -0.05) is 42.2 Å². The summed E-state index contributed by atoms with van der Waals surface area (Å²) < 4.78 is 13.2. The summed E-state index contributed by atoms with van der Waals surface area (Å²) in [6, 6.07) is 16.3. The quantitative estimate of drug-likeness (QED) is 0.755. The van der Waals surface area contributed by atoms with Gasteiger partial charge in [0.1, 0.15) is 5.82 Å². The zero-order valence-corrected chi connectivity index (χ0v) is 16.6. The van der Waals surface area contributed by atoms with Gasteiger partial charge in [-0.05, 0) is 29.8 Å². The van der Waals surface area contributed by atoms with Crippen LogP contribution in [0.4, 0.5) is 4.39 Å². The number of carbonyl (C=O) groups is 1. The van der Waals surface area contributed by atoms with Crippen molar-refractivity contribution < 1.29 is 9.18 Å². The van der Waals surface area contributed by atoms with Crippen LogP contribution >= 0.6 is 0 Å². The second-order valence-electron chi connectivity index (χ2n) is 7.52. The van der Waals surface area contributed by atoms with E-state index in [0.29, 0.717) is 26.3 Å². The molecule has 0 aliphatic carbocycles. The number of rotatable bonds is 3. The molecule has 148 valence electrons. The van der Waals surface area contributed by atoms with E-state index in [1.807, 2.05) is 42.3 Å². The monoisotopic (exact) mass is 389 g/mol. The highest BCUT2D eigenvalue weighted by Crippen LogP contribution is 2.27. The largest absolute Gasteiger partial charge is 0.360 e. The number of halogens is 1. The SMILES string of the molecule is CN1CN(Cc2ccc(F)cc2)C(=O)C2=C1CCN(CC#Cc1ccccc1)C2. The van der Waals surface area contributed by atoms with Crippen molar-refractivity contribution in [1.29, 1.82) is 0 Å². The lowest BCUT2D eigenvalue weighted by Crippen LogP contribution is -2.50.